The van der Waals surface area contributed by atoms with Gasteiger partial charge < -0.3 is 20.5 Å². The molecule has 0 radical (unpaired) electrons. The maximum Gasteiger partial charge on any atom is 0.242 e. The summed E-state index contributed by atoms with van der Waals surface area (Å²) in [5, 5.41) is 3.36. The number of fused-ring (bicyclic) bond motifs is 2. The van der Waals surface area contributed by atoms with Gasteiger partial charge in [-0.25, -0.2) is 4.98 Å². The number of nitrogens with one attached hydrogen (secondary N) is 1. The Bertz CT molecular complexity index is 440. The van der Waals surface area contributed by atoms with Gasteiger partial charge in [-0.1, -0.05) is 0 Å². The number of aromatic nitrogens is 2. The topological polar surface area (TPSA) is 82.3 Å². The van der Waals surface area contributed by atoms with Crippen LogP contribution in [-0.2, 0) is 4.74 Å². The number of hydrogen-bond acceptors (Lipinski definition) is 6. The van der Waals surface area contributed by atoms with Gasteiger partial charge in [-0.3, -0.25) is 0 Å². The van der Waals surface area contributed by atoms with Crippen LogP contribution in [0.2, 0.25) is 0 Å². The second kappa shape index (κ2) is 4.61. The Morgan fingerprint density at radius 2 is 2.39 bits per heavy atom. The van der Waals surface area contributed by atoms with E-state index in [9.17, 15) is 0 Å². The predicted octanol–water partition coefficient (Wildman–Crippen LogP) is 1.19. The normalized spacial score (nSPS) is 29.5. The zero-order valence-electron chi connectivity index (χ0n) is 10.4. The van der Waals surface area contributed by atoms with Crippen molar-refractivity contribution in [1.29, 1.82) is 0 Å². The SMILES string of the molecule is CCOc1ncnc(NC2CC3CCC2O3)c1N. The predicted molar refractivity (Wildman–Crippen MR) is 67.5 cm³/mol. The molecular weight excluding hydrogens is 232 g/mol. The van der Waals surface area contributed by atoms with Crippen molar-refractivity contribution < 1.29 is 9.47 Å². The summed E-state index contributed by atoms with van der Waals surface area (Å²) in [5.74, 6) is 1.09. The zero-order chi connectivity index (χ0) is 12.5. The van der Waals surface area contributed by atoms with Gasteiger partial charge >= 0.3 is 0 Å². The lowest BCUT2D eigenvalue weighted by atomic mass is 9.95. The molecule has 3 heterocycles. The molecule has 98 valence electrons. The second-order valence-electron chi connectivity index (χ2n) is 4.73. The molecule has 0 amide bonds. The van der Waals surface area contributed by atoms with Crippen molar-refractivity contribution in [2.24, 2.45) is 0 Å². The summed E-state index contributed by atoms with van der Waals surface area (Å²) < 4.78 is 11.2. The molecule has 18 heavy (non-hydrogen) atoms. The first kappa shape index (κ1) is 11.5. The maximum atomic E-state index is 5.99. The highest BCUT2D eigenvalue weighted by Crippen LogP contribution is 2.37. The Balaban J connectivity index is 1.74. The van der Waals surface area contributed by atoms with Crippen LogP contribution < -0.4 is 15.8 Å². The molecule has 3 N–H and O–H groups in total. The number of hydrogen-bond donors (Lipinski definition) is 2. The number of nitrogens with zero attached hydrogens (tertiary/aromatic N) is 2. The summed E-state index contributed by atoms with van der Waals surface area (Å²) in [5.41, 5.74) is 6.47. The summed E-state index contributed by atoms with van der Waals surface area (Å²) in [6.07, 6.45) is 5.48. The quantitative estimate of drug-likeness (QED) is 0.835. The Morgan fingerprint density at radius 1 is 1.50 bits per heavy atom. The van der Waals surface area contributed by atoms with Crippen LogP contribution in [0.15, 0.2) is 6.33 Å². The lowest BCUT2D eigenvalue weighted by molar-refractivity contribution is 0.102. The molecule has 0 saturated carbocycles. The van der Waals surface area contributed by atoms with E-state index in [1.165, 1.54) is 12.7 Å². The maximum absolute atomic E-state index is 5.99. The minimum Gasteiger partial charge on any atom is -0.476 e. The van der Waals surface area contributed by atoms with Crippen LogP contribution in [0.1, 0.15) is 26.2 Å². The van der Waals surface area contributed by atoms with E-state index >= 15 is 0 Å². The van der Waals surface area contributed by atoms with Crippen LogP contribution in [0, 0.1) is 0 Å². The van der Waals surface area contributed by atoms with Crippen LogP contribution >= 0.6 is 0 Å². The van der Waals surface area contributed by atoms with Gasteiger partial charge in [-0.05, 0) is 26.2 Å². The molecule has 2 bridgehead atoms. The molecule has 2 aliphatic rings. The Hall–Kier alpha value is -1.56. The molecule has 0 aliphatic carbocycles. The molecule has 0 spiro atoms. The van der Waals surface area contributed by atoms with Crippen molar-refractivity contribution in [3.05, 3.63) is 6.33 Å². The lowest BCUT2D eigenvalue weighted by Gasteiger charge is -2.21. The molecule has 3 atom stereocenters. The molecule has 1 aromatic rings. The van der Waals surface area contributed by atoms with Gasteiger partial charge in [-0.15, -0.1) is 0 Å². The highest BCUT2D eigenvalue weighted by atomic mass is 16.5. The zero-order valence-corrected chi connectivity index (χ0v) is 10.4. The van der Waals surface area contributed by atoms with Crippen molar-refractivity contribution >= 4 is 11.5 Å². The van der Waals surface area contributed by atoms with E-state index in [1.807, 2.05) is 6.92 Å². The van der Waals surface area contributed by atoms with E-state index in [4.69, 9.17) is 15.2 Å². The molecule has 2 aliphatic heterocycles. The average Bonchev–Trinajstić information content (AvgIpc) is 2.96. The molecule has 3 rings (SSSR count). The van der Waals surface area contributed by atoms with Gasteiger partial charge in [-0.2, -0.15) is 4.98 Å². The van der Waals surface area contributed by atoms with Crippen LogP contribution in [0.5, 0.6) is 5.88 Å². The lowest BCUT2D eigenvalue weighted by Crippen LogP contribution is -2.31. The molecule has 0 aromatic carbocycles. The van der Waals surface area contributed by atoms with E-state index in [0.29, 0.717) is 42.2 Å². The van der Waals surface area contributed by atoms with Crippen LogP contribution in [-0.4, -0.2) is 34.8 Å². The molecule has 6 nitrogen and oxygen atoms in total. The van der Waals surface area contributed by atoms with E-state index in [0.717, 1.165) is 12.8 Å². The summed E-state index contributed by atoms with van der Waals surface area (Å²) in [6.45, 7) is 2.44. The average molecular weight is 250 g/mol. The number of ether oxygens (including phenoxy) is 2. The molecule has 2 saturated heterocycles. The minimum atomic E-state index is 0.292. The van der Waals surface area contributed by atoms with Gasteiger partial charge in [0, 0.05) is 0 Å². The second-order valence-corrected chi connectivity index (χ2v) is 4.73. The van der Waals surface area contributed by atoms with Crippen LogP contribution in [0.4, 0.5) is 11.5 Å². The highest BCUT2D eigenvalue weighted by molar-refractivity contribution is 5.66. The first-order valence-electron chi connectivity index (χ1n) is 6.43. The first-order valence-corrected chi connectivity index (χ1v) is 6.43. The summed E-state index contributed by atoms with van der Waals surface area (Å²) in [6, 6.07) is 0.301. The third-order valence-corrected chi connectivity index (χ3v) is 3.56. The Labute approximate surface area is 106 Å². The fraction of sp³-hybridized carbons (Fsp3) is 0.667. The van der Waals surface area contributed by atoms with E-state index < -0.39 is 0 Å². The van der Waals surface area contributed by atoms with Gasteiger partial charge in [0.05, 0.1) is 24.9 Å². The van der Waals surface area contributed by atoms with Gasteiger partial charge in [0.15, 0.2) is 5.82 Å². The molecule has 3 unspecified atom stereocenters. The standard InChI is InChI=1S/C12H18N4O2/c1-2-17-12-10(13)11(14-6-15-12)16-8-5-7-3-4-9(8)18-7/h6-9H,2-5,13H2,1H3,(H,14,15,16). The van der Waals surface area contributed by atoms with E-state index in [-0.39, 0.29) is 0 Å². The van der Waals surface area contributed by atoms with E-state index in [1.54, 1.807) is 0 Å². The molecule has 1 aromatic heterocycles. The summed E-state index contributed by atoms with van der Waals surface area (Å²) in [7, 11) is 0. The van der Waals surface area contributed by atoms with Crippen molar-refractivity contribution in [2.75, 3.05) is 17.7 Å². The monoisotopic (exact) mass is 250 g/mol. The van der Waals surface area contributed by atoms with Crippen LogP contribution in [0.3, 0.4) is 0 Å². The Kier molecular flexibility index (Phi) is 2.95. The number of anilines is 2. The number of rotatable bonds is 4. The summed E-state index contributed by atoms with van der Waals surface area (Å²) >= 11 is 0. The van der Waals surface area contributed by atoms with Crippen LogP contribution in [0.25, 0.3) is 0 Å². The van der Waals surface area contributed by atoms with Crippen molar-refractivity contribution in [3.8, 4) is 5.88 Å². The number of nitrogen functional groups attached to an aromatic ring is 1. The number of nitrogens with two attached hydrogens (primary N) is 1. The smallest absolute Gasteiger partial charge is 0.242 e. The van der Waals surface area contributed by atoms with Crippen molar-refractivity contribution in [1.82, 2.24) is 9.97 Å². The fourth-order valence-electron chi connectivity index (χ4n) is 2.71. The third-order valence-electron chi connectivity index (χ3n) is 3.56. The molecular formula is C12H18N4O2. The largest absolute Gasteiger partial charge is 0.476 e. The highest BCUT2D eigenvalue weighted by Gasteiger charge is 2.41. The van der Waals surface area contributed by atoms with Crippen molar-refractivity contribution in [2.45, 2.75) is 44.4 Å². The van der Waals surface area contributed by atoms with Gasteiger partial charge in [0.25, 0.3) is 0 Å². The Morgan fingerprint density at radius 3 is 3.06 bits per heavy atom. The van der Waals surface area contributed by atoms with E-state index in [2.05, 4.69) is 15.3 Å². The summed E-state index contributed by atoms with van der Waals surface area (Å²) in [4.78, 5) is 8.21. The first-order chi connectivity index (χ1) is 8.78. The van der Waals surface area contributed by atoms with Gasteiger partial charge in [0.2, 0.25) is 5.88 Å². The molecule has 2 fully saturated rings. The van der Waals surface area contributed by atoms with Gasteiger partial charge in [0.1, 0.15) is 12.0 Å². The third kappa shape index (κ3) is 1.96. The van der Waals surface area contributed by atoms with Crippen molar-refractivity contribution in [3.63, 3.8) is 0 Å². The fourth-order valence-corrected chi connectivity index (χ4v) is 2.71. The minimum absolute atomic E-state index is 0.292. The molecule has 6 heteroatoms.